The highest BCUT2D eigenvalue weighted by atomic mass is 32.2. The Balaban J connectivity index is 1.69. The van der Waals surface area contributed by atoms with Crippen LogP contribution in [0.5, 0.6) is 0 Å². The molecule has 0 saturated carbocycles. The highest BCUT2D eigenvalue weighted by Gasteiger charge is 2.19. The van der Waals surface area contributed by atoms with Crippen molar-refractivity contribution in [3.8, 4) is 0 Å². The highest BCUT2D eigenvalue weighted by Crippen LogP contribution is 2.27. The van der Waals surface area contributed by atoms with Gasteiger partial charge in [-0.15, -0.1) is 21.5 Å². The van der Waals surface area contributed by atoms with E-state index in [1.807, 2.05) is 35.9 Å². The van der Waals surface area contributed by atoms with Crippen LogP contribution in [0, 0.1) is 5.82 Å². The molecule has 0 spiro atoms. The van der Waals surface area contributed by atoms with Crippen LogP contribution in [0.25, 0.3) is 0 Å². The number of benzene rings is 1. The van der Waals surface area contributed by atoms with E-state index >= 15 is 0 Å². The van der Waals surface area contributed by atoms with E-state index in [-0.39, 0.29) is 29.6 Å². The largest absolute Gasteiger partial charge is 0.344 e. The quantitative estimate of drug-likeness (QED) is 0.618. The smallest absolute Gasteiger partial charge is 0.231 e. The van der Waals surface area contributed by atoms with Crippen LogP contribution in [0.1, 0.15) is 36.4 Å². The van der Waals surface area contributed by atoms with Gasteiger partial charge < -0.3 is 9.88 Å². The second-order valence-corrected chi connectivity index (χ2v) is 7.89. The van der Waals surface area contributed by atoms with Gasteiger partial charge in [-0.05, 0) is 43.0 Å². The number of carbonyl (C=O) groups is 1. The molecule has 0 bridgehead atoms. The molecule has 0 saturated heterocycles. The van der Waals surface area contributed by atoms with Crippen molar-refractivity contribution in [1.82, 2.24) is 20.1 Å². The molecule has 0 fully saturated rings. The van der Waals surface area contributed by atoms with Crippen LogP contribution in [0.15, 0.2) is 53.3 Å². The second kappa shape index (κ2) is 8.46. The Labute approximate surface area is 159 Å². The normalized spacial score (nSPS) is 12.3. The summed E-state index contributed by atoms with van der Waals surface area (Å²) in [6, 6.07) is 10.0. The van der Waals surface area contributed by atoms with Gasteiger partial charge in [0.25, 0.3) is 0 Å². The SMILES string of the molecule is CC(C)n1cnnc1SCC(=O)N[C@H](c1ccc(F)cc1)c1cccs1. The standard InChI is InChI=1S/C18H19FN4OS2/c1-12(2)23-11-20-22-18(23)26-10-16(24)21-17(15-4-3-9-25-15)13-5-7-14(19)8-6-13/h3-9,11-12,17H,10H2,1-2H3,(H,21,24)/t17-/m1/s1. The molecule has 2 aromatic heterocycles. The molecule has 1 aromatic carbocycles. The number of hydrogen-bond donors (Lipinski definition) is 1. The fourth-order valence-electron chi connectivity index (χ4n) is 2.45. The summed E-state index contributed by atoms with van der Waals surface area (Å²) in [5.74, 6) is -0.182. The van der Waals surface area contributed by atoms with Crippen LogP contribution in [0.2, 0.25) is 0 Å². The van der Waals surface area contributed by atoms with E-state index < -0.39 is 0 Å². The maximum atomic E-state index is 13.2. The Bertz CT molecular complexity index is 846. The fraction of sp³-hybridized carbons (Fsp3) is 0.278. The van der Waals surface area contributed by atoms with Crippen LogP contribution in [0.3, 0.4) is 0 Å². The molecule has 0 unspecified atom stereocenters. The molecule has 0 radical (unpaired) electrons. The zero-order valence-electron chi connectivity index (χ0n) is 14.4. The summed E-state index contributed by atoms with van der Waals surface area (Å²) >= 11 is 2.90. The Morgan fingerprint density at radius 2 is 2.08 bits per heavy atom. The topological polar surface area (TPSA) is 59.8 Å². The average molecular weight is 391 g/mol. The van der Waals surface area contributed by atoms with Crippen molar-refractivity contribution in [2.45, 2.75) is 31.1 Å². The third-order valence-electron chi connectivity index (χ3n) is 3.77. The minimum Gasteiger partial charge on any atom is -0.344 e. The number of hydrogen-bond acceptors (Lipinski definition) is 5. The summed E-state index contributed by atoms with van der Waals surface area (Å²) in [4.78, 5) is 13.5. The van der Waals surface area contributed by atoms with Crippen molar-refractivity contribution < 1.29 is 9.18 Å². The summed E-state index contributed by atoms with van der Waals surface area (Å²) in [6.45, 7) is 4.07. The fourth-order valence-corrected chi connectivity index (χ4v) is 4.11. The molecule has 1 atom stereocenters. The lowest BCUT2D eigenvalue weighted by molar-refractivity contribution is -0.119. The van der Waals surface area contributed by atoms with Gasteiger partial charge in [-0.25, -0.2) is 4.39 Å². The second-order valence-electron chi connectivity index (χ2n) is 5.97. The Kier molecular flexibility index (Phi) is 6.05. The minimum absolute atomic E-state index is 0.115. The summed E-state index contributed by atoms with van der Waals surface area (Å²) in [5.41, 5.74) is 0.845. The van der Waals surface area contributed by atoms with Crippen LogP contribution in [-0.4, -0.2) is 26.4 Å². The third kappa shape index (κ3) is 4.50. The van der Waals surface area contributed by atoms with Crippen LogP contribution in [0.4, 0.5) is 4.39 Å². The molecular formula is C18H19FN4OS2. The van der Waals surface area contributed by atoms with Gasteiger partial charge in [0.2, 0.25) is 5.91 Å². The van der Waals surface area contributed by atoms with Gasteiger partial charge in [0.05, 0.1) is 11.8 Å². The van der Waals surface area contributed by atoms with Gasteiger partial charge in [0, 0.05) is 10.9 Å². The number of thioether (sulfide) groups is 1. The molecule has 5 nitrogen and oxygen atoms in total. The van der Waals surface area contributed by atoms with E-state index in [1.54, 1.807) is 29.8 Å². The van der Waals surface area contributed by atoms with Crippen molar-refractivity contribution in [2.75, 3.05) is 5.75 Å². The van der Waals surface area contributed by atoms with E-state index in [0.717, 1.165) is 10.4 Å². The van der Waals surface area contributed by atoms with Crippen molar-refractivity contribution in [1.29, 1.82) is 0 Å². The minimum atomic E-state index is -0.299. The van der Waals surface area contributed by atoms with Gasteiger partial charge in [-0.1, -0.05) is 30.0 Å². The van der Waals surface area contributed by atoms with E-state index in [1.165, 1.54) is 23.9 Å². The molecule has 3 aromatic rings. The van der Waals surface area contributed by atoms with Gasteiger partial charge in [0.15, 0.2) is 5.16 Å². The van der Waals surface area contributed by atoms with Gasteiger partial charge in [0.1, 0.15) is 12.1 Å². The lowest BCUT2D eigenvalue weighted by Crippen LogP contribution is -2.30. The van der Waals surface area contributed by atoms with Crippen molar-refractivity contribution in [3.05, 3.63) is 64.4 Å². The number of nitrogens with zero attached hydrogens (tertiary/aromatic N) is 3. The Morgan fingerprint density at radius 3 is 2.73 bits per heavy atom. The van der Waals surface area contributed by atoms with Crippen molar-refractivity contribution in [2.24, 2.45) is 0 Å². The zero-order valence-corrected chi connectivity index (χ0v) is 16.1. The van der Waals surface area contributed by atoms with Gasteiger partial charge in [-0.2, -0.15) is 0 Å². The lowest BCUT2D eigenvalue weighted by Gasteiger charge is -2.18. The molecule has 2 heterocycles. The van der Waals surface area contributed by atoms with Crippen molar-refractivity contribution in [3.63, 3.8) is 0 Å². The van der Waals surface area contributed by atoms with Crippen LogP contribution < -0.4 is 5.32 Å². The molecule has 26 heavy (non-hydrogen) atoms. The lowest BCUT2D eigenvalue weighted by atomic mass is 10.1. The molecule has 0 aliphatic heterocycles. The van der Waals surface area contributed by atoms with Crippen LogP contribution in [-0.2, 0) is 4.79 Å². The maximum absolute atomic E-state index is 13.2. The zero-order chi connectivity index (χ0) is 18.5. The number of thiophene rings is 1. The predicted molar refractivity (Wildman–Crippen MR) is 102 cm³/mol. The Hall–Kier alpha value is -2.19. The molecule has 3 rings (SSSR count). The monoisotopic (exact) mass is 390 g/mol. The molecule has 8 heteroatoms. The maximum Gasteiger partial charge on any atom is 0.231 e. The van der Waals surface area contributed by atoms with Crippen LogP contribution >= 0.6 is 23.1 Å². The van der Waals surface area contributed by atoms with E-state index in [2.05, 4.69) is 15.5 Å². The third-order valence-corrected chi connectivity index (χ3v) is 5.66. The molecule has 0 aliphatic carbocycles. The van der Waals surface area contributed by atoms with E-state index in [4.69, 9.17) is 0 Å². The number of halogens is 1. The van der Waals surface area contributed by atoms with E-state index in [0.29, 0.717) is 5.16 Å². The summed E-state index contributed by atoms with van der Waals surface area (Å²) in [6.07, 6.45) is 1.66. The molecule has 0 aliphatic rings. The first-order valence-corrected chi connectivity index (χ1v) is 10.0. The van der Waals surface area contributed by atoms with Gasteiger partial charge >= 0.3 is 0 Å². The number of rotatable bonds is 7. The molecule has 1 N–H and O–H groups in total. The first kappa shape index (κ1) is 18.6. The highest BCUT2D eigenvalue weighted by molar-refractivity contribution is 7.99. The summed E-state index contributed by atoms with van der Waals surface area (Å²) in [7, 11) is 0. The molecule has 1 amide bonds. The Morgan fingerprint density at radius 1 is 1.31 bits per heavy atom. The molecule has 136 valence electrons. The number of amides is 1. The number of aromatic nitrogens is 3. The summed E-state index contributed by atoms with van der Waals surface area (Å²) in [5, 5.41) is 13.7. The average Bonchev–Trinajstić information content (AvgIpc) is 3.30. The van der Waals surface area contributed by atoms with Crippen molar-refractivity contribution >= 4 is 29.0 Å². The number of nitrogens with one attached hydrogen (secondary N) is 1. The predicted octanol–water partition coefficient (Wildman–Crippen LogP) is 4.06. The first-order valence-electron chi connectivity index (χ1n) is 8.15. The van der Waals surface area contributed by atoms with Gasteiger partial charge in [-0.3, -0.25) is 4.79 Å². The molecular weight excluding hydrogens is 371 g/mol. The van der Waals surface area contributed by atoms with E-state index in [9.17, 15) is 9.18 Å². The number of carbonyl (C=O) groups excluding carboxylic acids is 1. The summed E-state index contributed by atoms with van der Waals surface area (Å²) < 4.78 is 15.2. The first-order chi connectivity index (χ1) is 12.5.